The van der Waals surface area contributed by atoms with E-state index in [1.54, 1.807) is 7.11 Å². The maximum absolute atomic E-state index is 5.20. The zero-order chi connectivity index (χ0) is 11.8. The normalized spacial score (nSPS) is 21.2. The van der Waals surface area contributed by atoms with Crippen LogP contribution in [0.25, 0.3) is 0 Å². The molecule has 0 aliphatic carbocycles. The fraction of sp³-hybridized carbons (Fsp3) is 1.00. The van der Waals surface area contributed by atoms with Crippen LogP contribution in [0.1, 0.15) is 13.3 Å². The van der Waals surface area contributed by atoms with Gasteiger partial charge in [-0.2, -0.15) is 0 Å². The number of nitrogens with one attached hydrogen (secondary N) is 1. The van der Waals surface area contributed by atoms with Crippen LogP contribution in [0.15, 0.2) is 0 Å². The van der Waals surface area contributed by atoms with E-state index in [0.29, 0.717) is 6.04 Å². The minimum atomic E-state index is 0.461. The van der Waals surface area contributed by atoms with Crippen molar-refractivity contribution in [3.05, 3.63) is 0 Å². The number of piperazine rings is 1. The molecule has 0 spiro atoms. The molecule has 0 aromatic rings. The first-order chi connectivity index (χ1) is 7.80. The molecule has 1 N–H and O–H groups in total. The van der Waals surface area contributed by atoms with Crippen LogP contribution in [0.3, 0.4) is 0 Å². The topological polar surface area (TPSA) is 27.7 Å². The average molecular weight is 229 g/mol. The Balaban J connectivity index is 2.20. The Morgan fingerprint density at radius 3 is 2.31 bits per heavy atom. The van der Waals surface area contributed by atoms with Crippen LogP contribution in [-0.4, -0.2) is 75.9 Å². The van der Waals surface area contributed by atoms with Crippen molar-refractivity contribution in [2.75, 3.05) is 60.0 Å². The van der Waals surface area contributed by atoms with Crippen molar-refractivity contribution >= 4 is 0 Å². The molecule has 0 saturated carbocycles. The third-order valence-corrected chi connectivity index (χ3v) is 3.26. The summed E-state index contributed by atoms with van der Waals surface area (Å²) in [5.41, 5.74) is 0. The van der Waals surface area contributed by atoms with Gasteiger partial charge in [0.2, 0.25) is 0 Å². The smallest absolute Gasteiger partial charge is 0.0628 e. The van der Waals surface area contributed by atoms with Crippen molar-refractivity contribution < 1.29 is 4.74 Å². The molecule has 0 amide bonds. The summed E-state index contributed by atoms with van der Waals surface area (Å²) in [6.45, 7) is 10.2. The number of ether oxygens (including phenoxy) is 1. The molecular weight excluding hydrogens is 202 g/mol. The van der Waals surface area contributed by atoms with Crippen LogP contribution in [0.4, 0.5) is 0 Å². The van der Waals surface area contributed by atoms with Crippen LogP contribution in [0.5, 0.6) is 0 Å². The molecule has 1 atom stereocenters. The Bertz CT molecular complexity index is 170. The largest absolute Gasteiger partial charge is 0.383 e. The first kappa shape index (κ1) is 13.9. The summed E-state index contributed by atoms with van der Waals surface area (Å²) in [5.74, 6) is 0. The van der Waals surface area contributed by atoms with E-state index in [2.05, 4.69) is 22.0 Å². The highest BCUT2D eigenvalue weighted by Gasteiger charge is 2.18. The molecule has 1 unspecified atom stereocenters. The average Bonchev–Trinajstić information content (AvgIpc) is 2.31. The minimum absolute atomic E-state index is 0.461. The maximum Gasteiger partial charge on any atom is 0.0628 e. The highest BCUT2D eigenvalue weighted by atomic mass is 16.5. The lowest BCUT2D eigenvalue weighted by Gasteiger charge is -2.36. The van der Waals surface area contributed by atoms with Crippen LogP contribution >= 0.6 is 0 Å². The molecule has 1 fully saturated rings. The minimum Gasteiger partial charge on any atom is -0.383 e. The molecule has 0 radical (unpaired) electrons. The summed E-state index contributed by atoms with van der Waals surface area (Å²) < 4.78 is 5.20. The third-order valence-electron chi connectivity index (χ3n) is 3.26. The highest BCUT2D eigenvalue weighted by Crippen LogP contribution is 2.03. The van der Waals surface area contributed by atoms with Gasteiger partial charge in [0.1, 0.15) is 0 Å². The highest BCUT2D eigenvalue weighted by molar-refractivity contribution is 4.76. The van der Waals surface area contributed by atoms with Crippen LogP contribution < -0.4 is 5.32 Å². The summed E-state index contributed by atoms with van der Waals surface area (Å²) in [7, 11) is 3.78. The first-order valence-corrected chi connectivity index (χ1v) is 6.41. The molecule has 1 rings (SSSR count). The molecule has 0 aromatic heterocycles. The van der Waals surface area contributed by atoms with E-state index in [1.807, 2.05) is 7.05 Å². The van der Waals surface area contributed by atoms with Crippen molar-refractivity contribution in [2.45, 2.75) is 19.4 Å². The molecule has 96 valence electrons. The Morgan fingerprint density at radius 2 is 1.81 bits per heavy atom. The second kappa shape index (κ2) is 8.01. The van der Waals surface area contributed by atoms with Gasteiger partial charge >= 0.3 is 0 Å². The van der Waals surface area contributed by atoms with Gasteiger partial charge in [-0.05, 0) is 20.0 Å². The molecule has 0 aromatic carbocycles. The lowest BCUT2D eigenvalue weighted by molar-refractivity contribution is 0.100. The quantitative estimate of drug-likeness (QED) is 0.677. The molecule has 1 heterocycles. The number of hydrogen-bond donors (Lipinski definition) is 1. The molecule has 4 nitrogen and oxygen atoms in total. The summed E-state index contributed by atoms with van der Waals surface area (Å²) in [6, 6.07) is 0.461. The second-order valence-electron chi connectivity index (χ2n) is 4.58. The Labute approximate surface area is 99.9 Å². The van der Waals surface area contributed by atoms with E-state index in [4.69, 9.17) is 4.74 Å². The van der Waals surface area contributed by atoms with Crippen molar-refractivity contribution in [3.63, 3.8) is 0 Å². The van der Waals surface area contributed by atoms with Gasteiger partial charge < -0.3 is 15.0 Å². The van der Waals surface area contributed by atoms with Crippen LogP contribution in [0, 0.1) is 0 Å². The predicted molar refractivity (Wildman–Crippen MR) is 67.9 cm³/mol. The number of methoxy groups -OCH3 is 1. The summed E-state index contributed by atoms with van der Waals surface area (Å²) in [4.78, 5) is 5.09. The van der Waals surface area contributed by atoms with Crippen molar-refractivity contribution in [1.82, 2.24) is 15.1 Å². The summed E-state index contributed by atoms with van der Waals surface area (Å²) in [5, 5.41) is 3.31. The van der Waals surface area contributed by atoms with E-state index in [0.717, 1.165) is 13.2 Å². The van der Waals surface area contributed by atoms with E-state index >= 15 is 0 Å². The van der Waals surface area contributed by atoms with Gasteiger partial charge in [-0.15, -0.1) is 0 Å². The van der Waals surface area contributed by atoms with E-state index in [-0.39, 0.29) is 0 Å². The standard InChI is InChI=1S/C12H27N3O/c1-4-5-14-6-8-15(9-7-14)10-12(13-2)11-16-3/h12-13H,4-11H2,1-3H3. The van der Waals surface area contributed by atoms with Crippen molar-refractivity contribution in [3.8, 4) is 0 Å². The van der Waals surface area contributed by atoms with E-state index in [1.165, 1.54) is 39.1 Å². The number of rotatable bonds is 7. The van der Waals surface area contributed by atoms with Crippen molar-refractivity contribution in [1.29, 1.82) is 0 Å². The molecule has 4 heteroatoms. The summed E-state index contributed by atoms with van der Waals surface area (Å²) in [6.07, 6.45) is 1.27. The van der Waals surface area contributed by atoms with Crippen LogP contribution in [0.2, 0.25) is 0 Å². The molecular formula is C12H27N3O. The Morgan fingerprint density at radius 1 is 1.19 bits per heavy atom. The Hall–Kier alpha value is -0.160. The number of likely N-dealkylation sites (N-methyl/N-ethyl adjacent to an activating group) is 1. The van der Waals surface area contributed by atoms with Crippen molar-refractivity contribution in [2.24, 2.45) is 0 Å². The molecule has 1 aliphatic rings. The fourth-order valence-corrected chi connectivity index (χ4v) is 2.25. The molecule has 1 saturated heterocycles. The lowest BCUT2D eigenvalue weighted by Crippen LogP contribution is -2.51. The van der Waals surface area contributed by atoms with E-state index in [9.17, 15) is 0 Å². The number of hydrogen-bond acceptors (Lipinski definition) is 4. The molecule has 1 aliphatic heterocycles. The van der Waals surface area contributed by atoms with Gasteiger partial charge in [-0.25, -0.2) is 0 Å². The van der Waals surface area contributed by atoms with E-state index < -0.39 is 0 Å². The first-order valence-electron chi connectivity index (χ1n) is 6.41. The van der Waals surface area contributed by atoms with Gasteiger partial charge in [-0.1, -0.05) is 6.92 Å². The van der Waals surface area contributed by atoms with Gasteiger partial charge in [0.25, 0.3) is 0 Å². The van der Waals surface area contributed by atoms with Gasteiger partial charge in [0.15, 0.2) is 0 Å². The second-order valence-corrected chi connectivity index (χ2v) is 4.58. The zero-order valence-corrected chi connectivity index (χ0v) is 11.0. The predicted octanol–water partition coefficient (Wildman–Crippen LogP) is 0.248. The third kappa shape index (κ3) is 4.78. The fourth-order valence-electron chi connectivity index (χ4n) is 2.25. The molecule has 16 heavy (non-hydrogen) atoms. The lowest BCUT2D eigenvalue weighted by atomic mass is 10.2. The maximum atomic E-state index is 5.20. The Kier molecular flexibility index (Phi) is 6.96. The SMILES string of the molecule is CCCN1CCN(CC(COC)NC)CC1. The zero-order valence-electron chi connectivity index (χ0n) is 11.0. The monoisotopic (exact) mass is 229 g/mol. The van der Waals surface area contributed by atoms with Gasteiger partial charge in [-0.3, -0.25) is 4.90 Å². The summed E-state index contributed by atoms with van der Waals surface area (Å²) >= 11 is 0. The van der Waals surface area contributed by atoms with Gasteiger partial charge in [0.05, 0.1) is 6.61 Å². The molecule has 0 bridgehead atoms. The number of nitrogens with zero attached hydrogens (tertiary/aromatic N) is 2. The van der Waals surface area contributed by atoms with Gasteiger partial charge in [0, 0.05) is 45.9 Å². The van der Waals surface area contributed by atoms with Crippen LogP contribution in [-0.2, 0) is 4.74 Å².